The second-order valence-corrected chi connectivity index (χ2v) is 6.76. The van der Waals surface area contributed by atoms with Gasteiger partial charge in [-0.15, -0.1) is 0 Å². The largest absolute Gasteiger partial charge is 0.338 e. The van der Waals surface area contributed by atoms with Crippen molar-refractivity contribution in [3.63, 3.8) is 0 Å². The Bertz CT molecular complexity index is 793. The number of carbonyl (C=O) groups is 1. The molecule has 0 radical (unpaired) electrons. The van der Waals surface area contributed by atoms with Crippen molar-refractivity contribution in [2.24, 2.45) is 5.92 Å². The highest BCUT2D eigenvalue weighted by atomic mass is 16.6. The van der Waals surface area contributed by atoms with Gasteiger partial charge in [0.15, 0.2) is 0 Å². The van der Waals surface area contributed by atoms with Crippen molar-refractivity contribution in [1.82, 2.24) is 9.47 Å². The number of nitro groups is 1. The second-order valence-electron chi connectivity index (χ2n) is 6.76. The Morgan fingerprint density at radius 1 is 1.32 bits per heavy atom. The fourth-order valence-electron chi connectivity index (χ4n) is 4.09. The quantitative estimate of drug-likeness (QED) is 0.613. The van der Waals surface area contributed by atoms with Gasteiger partial charge >= 0.3 is 0 Å². The van der Waals surface area contributed by atoms with Gasteiger partial charge in [-0.1, -0.05) is 12.8 Å². The first-order valence-electron chi connectivity index (χ1n) is 8.59. The molecule has 0 unspecified atom stereocenters. The molecule has 8 nitrogen and oxygen atoms in total. The van der Waals surface area contributed by atoms with Gasteiger partial charge in [-0.2, -0.15) is 5.26 Å². The van der Waals surface area contributed by atoms with Gasteiger partial charge in [0.05, 0.1) is 11.1 Å². The number of hydrogen-bond acceptors (Lipinski definition) is 5. The highest BCUT2D eigenvalue weighted by molar-refractivity contribution is 5.76. The van der Waals surface area contributed by atoms with Crippen LogP contribution in [0.25, 0.3) is 0 Å². The number of fused-ring (bicyclic) bond motifs is 1. The van der Waals surface area contributed by atoms with E-state index in [1.807, 2.05) is 4.90 Å². The summed E-state index contributed by atoms with van der Waals surface area (Å²) in [6.07, 6.45) is 7.51. The van der Waals surface area contributed by atoms with Gasteiger partial charge in [0, 0.05) is 18.7 Å². The van der Waals surface area contributed by atoms with Gasteiger partial charge in [-0.25, -0.2) is 0 Å². The third kappa shape index (κ3) is 3.40. The van der Waals surface area contributed by atoms with Crippen molar-refractivity contribution in [2.75, 3.05) is 6.54 Å². The van der Waals surface area contributed by atoms with E-state index in [-0.39, 0.29) is 29.7 Å². The zero-order chi connectivity index (χ0) is 18.0. The number of nitrogens with zero attached hydrogens (tertiary/aromatic N) is 4. The second kappa shape index (κ2) is 7.05. The van der Waals surface area contributed by atoms with E-state index >= 15 is 0 Å². The molecule has 0 spiro atoms. The summed E-state index contributed by atoms with van der Waals surface area (Å²) >= 11 is 0. The van der Waals surface area contributed by atoms with E-state index in [1.165, 1.54) is 6.42 Å². The van der Waals surface area contributed by atoms with E-state index in [0.717, 1.165) is 48.9 Å². The Balaban J connectivity index is 1.85. The molecule has 132 valence electrons. The Morgan fingerprint density at radius 2 is 2.04 bits per heavy atom. The Labute approximate surface area is 144 Å². The van der Waals surface area contributed by atoms with Crippen molar-refractivity contribution >= 4 is 11.6 Å². The lowest BCUT2D eigenvalue weighted by Gasteiger charge is -2.44. The normalized spacial score (nSPS) is 22.8. The molecule has 1 amide bonds. The molecule has 25 heavy (non-hydrogen) atoms. The maximum Gasteiger partial charge on any atom is 0.287 e. The number of amides is 1. The molecule has 1 saturated carbocycles. The van der Waals surface area contributed by atoms with E-state index < -0.39 is 10.5 Å². The van der Waals surface area contributed by atoms with Crippen molar-refractivity contribution < 1.29 is 9.72 Å². The fourth-order valence-corrected chi connectivity index (χ4v) is 4.09. The summed E-state index contributed by atoms with van der Waals surface area (Å²) in [4.78, 5) is 37.2. The van der Waals surface area contributed by atoms with Crippen molar-refractivity contribution in [2.45, 2.75) is 51.1 Å². The van der Waals surface area contributed by atoms with Crippen LogP contribution in [0.15, 0.2) is 17.1 Å². The molecule has 2 aliphatic rings. The van der Waals surface area contributed by atoms with Gasteiger partial charge in [0.25, 0.3) is 11.2 Å². The molecule has 1 aliphatic heterocycles. The number of hydrogen-bond donors (Lipinski definition) is 0. The van der Waals surface area contributed by atoms with Crippen LogP contribution >= 0.6 is 0 Å². The first kappa shape index (κ1) is 17.1. The maximum atomic E-state index is 12.8. The Kier molecular flexibility index (Phi) is 4.83. The van der Waals surface area contributed by atoms with Crippen LogP contribution in [0, 0.1) is 27.4 Å². The molecule has 3 rings (SSSR count). The van der Waals surface area contributed by atoms with E-state index in [2.05, 4.69) is 0 Å². The number of nitriles is 1. The minimum absolute atomic E-state index is 0.205. The summed E-state index contributed by atoms with van der Waals surface area (Å²) in [5.74, 6) is 0.311. The van der Waals surface area contributed by atoms with Crippen LogP contribution in [0.2, 0.25) is 0 Å². The van der Waals surface area contributed by atoms with E-state index in [9.17, 15) is 19.7 Å². The number of rotatable bonds is 3. The lowest BCUT2D eigenvalue weighted by molar-refractivity contribution is -0.385. The van der Waals surface area contributed by atoms with Gasteiger partial charge in [-0.3, -0.25) is 24.3 Å². The molecular weight excluding hydrogens is 324 g/mol. The first-order valence-corrected chi connectivity index (χ1v) is 8.59. The molecule has 1 aliphatic carbocycles. The molecule has 1 aromatic heterocycles. The van der Waals surface area contributed by atoms with Gasteiger partial charge in [0.1, 0.15) is 18.2 Å². The zero-order valence-corrected chi connectivity index (χ0v) is 13.9. The minimum atomic E-state index is -0.668. The van der Waals surface area contributed by atoms with Crippen molar-refractivity contribution in [3.8, 4) is 6.07 Å². The highest BCUT2D eigenvalue weighted by Gasteiger charge is 2.35. The monoisotopic (exact) mass is 344 g/mol. The van der Waals surface area contributed by atoms with Crippen LogP contribution in [-0.2, 0) is 11.3 Å². The van der Waals surface area contributed by atoms with E-state index in [0.29, 0.717) is 12.5 Å². The third-order valence-electron chi connectivity index (χ3n) is 5.27. The number of pyridine rings is 1. The topological polar surface area (TPSA) is 109 Å². The Hall–Kier alpha value is -2.69. The predicted octanol–water partition coefficient (Wildman–Crippen LogP) is 1.81. The van der Waals surface area contributed by atoms with E-state index in [1.54, 1.807) is 6.07 Å². The summed E-state index contributed by atoms with van der Waals surface area (Å²) in [5, 5.41) is 20.0. The molecular formula is C17H20N4O4. The highest BCUT2D eigenvalue weighted by Crippen LogP contribution is 2.35. The molecule has 0 N–H and O–H groups in total. The average molecular weight is 344 g/mol. The maximum absolute atomic E-state index is 12.8. The molecule has 8 heteroatoms. The number of likely N-dealkylation sites (tertiary alicyclic amines) is 1. The Morgan fingerprint density at radius 3 is 2.76 bits per heavy atom. The van der Waals surface area contributed by atoms with Crippen LogP contribution in [0.5, 0.6) is 0 Å². The average Bonchev–Trinajstić information content (AvgIpc) is 2.62. The predicted molar refractivity (Wildman–Crippen MR) is 88.8 cm³/mol. The summed E-state index contributed by atoms with van der Waals surface area (Å²) in [6.45, 7) is 0.396. The first-order chi connectivity index (χ1) is 12.0. The van der Waals surface area contributed by atoms with Crippen LogP contribution < -0.4 is 5.56 Å². The molecule has 2 fully saturated rings. The SMILES string of the molecule is N#Cc1cc([N+](=O)[O-])cn(CC(=O)N2CCC[C@@H]3CCCC[C@H]32)c1=O. The summed E-state index contributed by atoms with van der Waals surface area (Å²) in [6, 6.07) is 2.82. The summed E-state index contributed by atoms with van der Waals surface area (Å²) in [5.41, 5.74) is -1.35. The fraction of sp³-hybridized carbons (Fsp3) is 0.588. The van der Waals surface area contributed by atoms with Gasteiger partial charge in [-0.05, 0) is 31.6 Å². The van der Waals surface area contributed by atoms with Crippen LogP contribution in [0.1, 0.15) is 44.1 Å². The minimum Gasteiger partial charge on any atom is -0.338 e. The number of piperidine rings is 1. The number of carbonyl (C=O) groups excluding carboxylic acids is 1. The van der Waals surface area contributed by atoms with Gasteiger partial charge < -0.3 is 4.90 Å². The lowest BCUT2D eigenvalue weighted by Crippen LogP contribution is -2.51. The molecule has 0 aromatic carbocycles. The molecule has 2 heterocycles. The van der Waals surface area contributed by atoms with Crippen LogP contribution in [0.3, 0.4) is 0 Å². The number of aromatic nitrogens is 1. The summed E-state index contributed by atoms with van der Waals surface area (Å²) < 4.78 is 0.992. The molecule has 2 atom stereocenters. The summed E-state index contributed by atoms with van der Waals surface area (Å²) in [7, 11) is 0. The van der Waals surface area contributed by atoms with Crippen LogP contribution in [0.4, 0.5) is 5.69 Å². The van der Waals surface area contributed by atoms with Crippen LogP contribution in [-0.4, -0.2) is 32.9 Å². The van der Waals surface area contributed by atoms with Gasteiger partial charge in [0.2, 0.25) is 5.91 Å². The molecule has 1 saturated heterocycles. The lowest BCUT2D eigenvalue weighted by atomic mass is 9.78. The smallest absolute Gasteiger partial charge is 0.287 e. The standard InChI is InChI=1S/C17H20N4O4/c18-9-13-8-14(21(24)25)10-19(17(13)23)11-16(22)20-7-3-5-12-4-1-2-6-15(12)20/h8,10,12,15H,1-7,11H2/t12-,15+/m0/s1. The van der Waals surface area contributed by atoms with Crippen molar-refractivity contribution in [1.29, 1.82) is 5.26 Å². The zero-order valence-electron chi connectivity index (χ0n) is 13.9. The molecule has 1 aromatic rings. The van der Waals surface area contributed by atoms with Crippen molar-refractivity contribution in [3.05, 3.63) is 38.3 Å². The molecule has 0 bridgehead atoms. The third-order valence-corrected chi connectivity index (χ3v) is 5.27. The van der Waals surface area contributed by atoms with E-state index in [4.69, 9.17) is 5.26 Å².